The van der Waals surface area contributed by atoms with E-state index >= 15 is 0 Å². The molecule has 1 saturated carbocycles. The highest BCUT2D eigenvalue weighted by molar-refractivity contribution is 4.84. The summed E-state index contributed by atoms with van der Waals surface area (Å²) in [5.74, 6) is 0. The van der Waals surface area contributed by atoms with Crippen LogP contribution in [0.5, 0.6) is 0 Å². The fraction of sp³-hybridized carbons (Fsp3) is 1.00. The molecule has 1 aliphatic carbocycles. The summed E-state index contributed by atoms with van der Waals surface area (Å²) in [4.78, 5) is 0. The molecule has 0 bridgehead atoms. The SMILES string of the molecule is CCCC(C)OCC(C)(C)CNC1CC1. The highest BCUT2D eigenvalue weighted by Crippen LogP contribution is 2.22. The van der Waals surface area contributed by atoms with Gasteiger partial charge in [-0.1, -0.05) is 27.2 Å². The van der Waals surface area contributed by atoms with E-state index in [0.717, 1.165) is 19.2 Å². The summed E-state index contributed by atoms with van der Waals surface area (Å²) in [6.45, 7) is 10.9. The van der Waals surface area contributed by atoms with Gasteiger partial charge >= 0.3 is 0 Å². The molecular weight excluding hydrogens is 186 g/mol. The first-order chi connectivity index (χ1) is 7.03. The van der Waals surface area contributed by atoms with E-state index in [0.29, 0.717) is 6.10 Å². The molecule has 1 fully saturated rings. The van der Waals surface area contributed by atoms with E-state index in [-0.39, 0.29) is 5.41 Å². The van der Waals surface area contributed by atoms with Crippen LogP contribution >= 0.6 is 0 Å². The predicted octanol–water partition coefficient (Wildman–Crippen LogP) is 2.97. The fourth-order valence-corrected chi connectivity index (χ4v) is 1.62. The van der Waals surface area contributed by atoms with Gasteiger partial charge in [0.05, 0.1) is 12.7 Å². The summed E-state index contributed by atoms with van der Waals surface area (Å²) in [6, 6.07) is 0.803. The summed E-state index contributed by atoms with van der Waals surface area (Å²) in [7, 11) is 0. The highest BCUT2D eigenvalue weighted by Gasteiger charge is 2.25. The molecular formula is C13H27NO. The number of ether oxygens (including phenoxy) is 1. The molecule has 0 aliphatic heterocycles. The largest absolute Gasteiger partial charge is 0.378 e. The molecule has 0 radical (unpaired) electrons. The van der Waals surface area contributed by atoms with E-state index in [1.54, 1.807) is 0 Å². The molecule has 1 atom stereocenters. The maximum atomic E-state index is 5.86. The third kappa shape index (κ3) is 6.16. The Hall–Kier alpha value is -0.0800. The van der Waals surface area contributed by atoms with Crippen molar-refractivity contribution in [2.24, 2.45) is 5.41 Å². The molecule has 0 heterocycles. The second-order valence-corrected chi connectivity index (χ2v) is 5.73. The van der Waals surface area contributed by atoms with Crippen LogP contribution in [0.25, 0.3) is 0 Å². The van der Waals surface area contributed by atoms with E-state index < -0.39 is 0 Å². The van der Waals surface area contributed by atoms with Gasteiger partial charge in [0.2, 0.25) is 0 Å². The summed E-state index contributed by atoms with van der Waals surface area (Å²) < 4.78 is 5.86. The maximum Gasteiger partial charge on any atom is 0.0547 e. The second kappa shape index (κ2) is 5.86. The summed E-state index contributed by atoms with van der Waals surface area (Å²) in [5, 5.41) is 3.57. The van der Waals surface area contributed by atoms with Crippen LogP contribution in [0, 0.1) is 5.41 Å². The molecule has 0 aromatic carbocycles. The lowest BCUT2D eigenvalue weighted by molar-refractivity contribution is 0.00813. The first-order valence-electron chi connectivity index (χ1n) is 6.38. The highest BCUT2D eigenvalue weighted by atomic mass is 16.5. The van der Waals surface area contributed by atoms with Crippen molar-refractivity contribution in [3.05, 3.63) is 0 Å². The van der Waals surface area contributed by atoms with Crippen LogP contribution in [0.4, 0.5) is 0 Å². The monoisotopic (exact) mass is 213 g/mol. The molecule has 0 aromatic heterocycles. The molecule has 0 saturated heterocycles. The normalized spacial score (nSPS) is 19.2. The van der Waals surface area contributed by atoms with Crippen LogP contribution < -0.4 is 5.32 Å². The van der Waals surface area contributed by atoms with Crippen molar-refractivity contribution in [2.45, 2.75) is 65.5 Å². The van der Waals surface area contributed by atoms with Gasteiger partial charge in [0.1, 0.15) is 0 Å². The van der Waals surface area contributed by atoms with Gasteiger partial charge in [-0.2, -0.15) is 0 Å². The number of rotatable bonds is 8. The Balaban J connectivity index is 2.10. The van der Waals surface area contributed by atoms with Gasteiger partial charge in [-0.05, 0) is 26.2 Å². The van der Waals surface area contributed by atoms with Crippen molar-refractivity contribution in [1.82, 2.24) is 5.32 Å². The average molecular weight is 213 g/mol. The van der Waals surface area contributed by atoms with Crippen LogP contribution in [-0.4, -0.2) is 25.3 Å². The smallest absolute Gasteiger partial charge is 0.0547 e. The summed E-state index contributed by atoms with van der Waals surface area (Å²) >= 11 is 0. The second-order valence-electron chi connectivity index (χ2n) is 5.73. The Kier molecular flexibility index (Phi) is 5.07. The Morgan fingerprint density at radius 2 is 2.07 bits per heavy atom. The molecule has 90 valence electrons. The van der Waals surface area contributed by atoms with Crippen molar-refractivity contribution >= 4 is 0 Å². The molecule has 15 heavy (non-hydrogen) atoms. The van der Waals surface area contributed by atoms with Gasteiger partial charge in [-0.25, -0.2) is 0 Å². The Morgan fingerprint density at radius 3 is 2.60 bits per heavy atom. The summed E-state index contributed by atoms with van der Waals surface area (Å²) in [5.41, 5.74) is 0.268. The minimum Gasteiger partial charge on any atom is -0.378 e. The number of nitrogens with one attached hydrogen (secondary N) is 1. The lowest BCUT2D eigenvalue weighted by Gasteiger charge is -2.27. The fourth-order valence-electron chi connectivity index (χ4n) is 1.62. The molecule has 1 rings (SSSR count). The van der Waals surface area contributed by atoms with Crippen LogP contribution in [0.2, 0.25) is 0 Å². The van der Waals surface area contributed by atoms with Crippen molar-refractivity contribution in [3.8, 4) is 0 Å². The van der Waals surface area contributed by atoms with Gasteiger partial charge < -0.3 is 10.1 Å². The first-order valence-corrected chi connectivity index (χ1v) is 6.38. The zero-order valence-corrected chi connectivity index (χ0v) is 10.8. The molecule has 0 aromatic rings. The third-order valence-corrected chi connectivity index (χ3v) is 2.90. The van der Waals surface area contributed by atoms with Gasteiger partial charge in [0, 0.05) is 18.0 Å². The zero-order chi connectivity index (χ0) is 11.3. The topological polar surface area (TPSA) is 21.3 Å². The van der Waals surface area contributed by atoms with Crippen molar-refractivity contribution in [3.63, 3.8) is 0 Å². The molecule has 0 spiro atoms. The zero-order valence-electron chi connectivity index (χ0n) is 10.8. The van der Waals surface area contributed by atoms with Crippen LogP contribution in [-0.2, 0) is 4.74 Å². The van der Waals surface area contributed by atoms with Crippen molar-refractivity contribution < 1.29 is 4.74 Å². The third-order valence-electron chi connectivity index (χ3n) is 2.90. The molecule has 1 N–H and O–H groups in total. The van der Waals surface area contributed by atoms with Crippen LogP contribution in [0.15, 0.2) is 0 Å². The molecule has 0 amide bonds. The van der Waals surface area contributed by atoms with Gasteiger partial charge in [-0.3, -0.25) is 0 Å². The Bertz CT molecular complexity index is 175. The van der Waals surface area contributed by atoms with Gasteiger partial charge in [-0.15, -0.1) is 0 Å². The standard InChI is InChI=1S/C13H27NO/c1-5-6-11(2)15-10-13(3,4)9-14-12-7-8-12/h11-12,14H,5-10H2,1-4H3. The molecule has 2 nitrogen and oxygen atoms in total. The Morgan fingerprint density at radius 1 is 1.40 bits per heavy atom. The van der Waals surface area contributed by atoms with Gasteiger partial charge in [0.25, 0.3) is 0 Å². The lowest BCUT2D eigenvalue weighted by Crippen LogP contribution is -2.35. The summed E-state index contributed by atoms with van der Waals surface area (Å²) in [6.07, 6.45) is 5.52. The molecule has 2 heteroatoms. The predicted molar refractivity (Wildman–Crippen MR) is 65.1 cm³/mol. The minimum absolute atomic E-state index is 0.268. The minimum atomic E-state index is 0.268. The van der Waals surface area contributed by atoms with E-state index in [4.69, 9.17) is 4.74 Å². The maximum absolute atomic E-state index is 5.86. The number of hydrogen-bond acceptors (Lipinski definition) is 2. The van der Waals surface area contributed by atoms with E-state index in [9.17, 15) is 0 Å². The van der Waals surface area contributed by atoms with Gasteiger partial charge in [0.15, 0.2) is 0 Å². The van der Waals surface area contributed by atoms with E-state index in [2.05, 4.69) is 33.0 Å². The quantitative estimate of drug-likeness (QED) is 0.669. The average Bonchev–Trinajstić information content (AvgIpc) is 2.96. The van der Waals surface area contributed by atoms with Crippen LogP contribution in [0.1, 0.15) is 53.4 Å². The van der Waals surface area contributed by atoms with E-state index in [1.807, 2.05) is 0 Å². The van der Waals surface area contributed by atoms with Crippen molar-refractivity contribution in [2.75, 3.05) is 13.2 Å². The Labute approximate surface area is 94.8 Å². The van der Waals surface area contributed by atoms with E-state index in [1.165, 1.54) is 25.7 Å². The van der Waals surface area contributed by atoms with Crippen LogP contribution in [0.3, 0.4) is 0 Å². The van der Waals surface area contributed by atoms with Crippen molar-refractivity contribution in [1.29, 1.82) is 0 Å². The molecule has 1 aliphatic rings. The first kappa shape index (κ1) is 13.0. The lowest BCUT2D eigenvalue weighted by atomic mass is 9.94. The molecule has 1 unspecified atom stereocenters. The number of hydrogen-bond donors (Lipinski definition) is 1.